The van der Waals surface area contributed by atoms with Gasteiger partial charge < -0.3 is 10.2 Å². The number of nitrogens with one attached hydrogen (secondary N) is 1. The SMILES string of the molecule is Cc1ccccc1C(=O)N1CCC[C@@H](C(=O)Nc2cccc(C(C)(C)C)c2)[C@H]1C1CCCC1. The largest absolute Gasteiger partial charge is 0.335 e. The van der Waals surface area contributed by atoms with Crippen LogP contribution >= 0.6 is 0 Å². The van der Waals surface area contributed by atoms with Crippen LogP contribution in [-0.2, 0) is 10.2 Å². The highest BCUT2D eigenvalue weighted by Crippen LogP contribution is 2.39. The van der Waals surface area contributed by atoms with Crippen LogP contribution in [0, 0.1) is 18.8 Å². The van der Waals surface area contributed by atoms with Crippen molar-refractivity contribution in [1.82, 2.24) is 4.90 Å². The van der Waals surface area contributed by atoms with Crippen LogP contribution in [0.1, 0.15) is 80.8 Å². The third kappa shape index (κ3) is 5.15. The highest BCUT2D eigenvalue weighted by Gasteiger charge is 2.43. The van der Waals surface area contributed by atoms with Crippen molar-refractivity contribution in [3.05, 3.63) is 65.2 Å². The fourth-order valence-corrected chi connectivity index (χ4v) is 5.69. The molecule has 1 heterocycles. The number of carbonyl (C=O) groups is 2. The van der Waals surface area contributed by atoms with Crippen molar-refractivity contribution < 1.29 is 9.59 Å². The molecular formula is C29H38N2O2. The first-order valence-corrected chi connectivity index (χ1v) is 12.5. The zero-order valence-corrected chi connectivity index (χ0v) is 20.6. The van der Waals surface area contributed by atoms with Crippen LogP contribution in [-0.4, -0.2) is 29.3 Å². The van der Waals surface area contributed by atoms with Crippen LogP contribution in [0.2, 0.25) is 0 Å². The molecule has 4 heteroatoms. The monoisotopic (exact) mass is 446 g/mol. The lowest BCUT2D eigenvalue weighted by Crippen LogP contribution is -2.54. The van der Waals surface area contributed by atoms with Crippen molar-refractivity contribution in [1.29, 1.82) is 0 Å². The van der Waals surface area contributed by atoms with Crippen LogP contribution in [0.4, 0.5) is 5.69 Å². The minimum atomic E-state index is -0.173. The fourth-order valence-electron chi connectivity index (χ4n) is 5.69. The molecule has 2 aliphatic rings. The van der Waals surface area contributed by atoms with Gasteiger partial charge in [0.1, 0.15) is 0 Å². The fraction of sp³-hybridized carbons (Fsp3) is 0.517. The van der Waals surface area contributed by atoms with Gasteiger partial charge >= 0.3 is 0 Å². The highest BCUT2D eigenvalue weighted by molar-refractivity contribution is 5.97. The Morgan fingerprint density at radius 3 is 2.36 bits per heavy atom. The Labute approximate surface area is 198 Å². The molecule has 2 amide bonds. The van der Waals surface area contributed by atoms with Crippen LogP contribution in [0.3, 0.4) is 0 Å². The minimum absolute atomic E-state index is 0.0225. The Hall–Kier alpha value is -2.62. The number of hydrogen-bond donors (Lipinski definition) is 1. The molecule has 4 rings (SSSR count). The molecule has 2 atom stereocenters. The molecule has 4 nitrogen and oxygen atoms in total. The average molecular weight is 447 g/mol. The van der Waals surface area contributed by atoms with E-state index in [4.69, 9.17) is 0 Å². The van der Waals surface area contributed by atoms with E-state index in [0.717, 1.165) is 49.0 Å². The molecule has 0 spiro atoms. The van der Waals surface area contributed by atoms with E-state index in [1.54, 1.807) is 0 Å². The highest BCUT2D eigenvalue weighted by atomic mass is 16.2. The first kappa shape index (κ1) is 23.5. The van der Waals surface area contributed by atoms with E-state index in [2.05, 4.69) is 38.2 Å². The van der Waals surface area contributed by atoms with Gasteiger partial charge in [0.2, 0.25) is 5.91 Å². The van der Waals surface area contributed by atoms with Gasteiger partial charge in [-0.05, 0) is 73.3 Å². The molecule has 1 aliphatic heterocycles. The number of likely N-dealkylation sites (tertiary alicyclic amines) is 1. The number of aryl methyl sites for hydroxylation is 1. The van der Waals surface area contributed by atoms with Gasteiger partial charge in [-0.25, -0.2) is 0 Å². The van der Waals surface area contributed by atoms with Gasteiger partial charge in [0, 0.05) is 23.8 Å². The van der Waals surface area contributed by atoms with Crippen LogP contribution in [0.5, 0.6) is 0 Å². The van der Waals surface area contributed by atoms with E-state index in [-0.39, 0.29) is 29.2 Å². The summed E-state index contributed by atoms with van der Waals surface area (Å²) in [5.41, 5.74) is 3.83. The Kier molecular flexibility index (Phi) is 6.92. The van der Waals surface area contributed by atoms with Gasteiger partial charge in [0.15, 0.2) is 0 Å². The van der Waals surface area contributed by atoms with Crippen molar-refractivity contribution in [2.75, 3.05) is 11.9 Å². The van der Waals surface area contributed by atoms with Gasteiger partial charge in [0.05, 0.1) is 5.92 Å². The molecule has 0 bridgehead atoms. The number of anilines is 1. The Morgan fingerprint density at radius 1 is 0.939 bits per heavy atom. The van der Waals surface area contributed by atoms with Gasteiger partial charge in [0.25, 0.3) is 5.91 Å². The quantitative estimate of drug-likeness (QED) is 0.595. The second-order valence-electron chi connectivity index (χ2n) is 10.9. The van der Waals surface area contributed by atoms with Crippen molar-refractivity contribution in [3.63, 3.8) is 0 Å². The molecule has 0 unspecified atom stereocenters. The average Bonchev–Trinajstić information content (AvgIpc) is 3.33. The lowest BCUT2D eigenvalue weighted by Gasteiger charge is -2.44. The zero-order valence-electron chi connectivity index (χ0n) is 20.6. The summed E-state index contributed by atoms with van der Waals surface area (Å²) < 4.78 is 0. The first-order chi connectivity index (χ1) is 15.8. The van der Waals surface area contributed by atoms with E-state index >= 15 is 0 Å². The van der Waals surface area contributed by atoms with Crippen LogP contribution in [0.15, 0.2) is 48.5 Å². The van der Waals surface area contributed by atoms with Crippen molar-refractivity contribution in [2.24, 2.45) is 11.8 Å². The number of rotatable bonds is 4. The van der Waals surface area contributed by atoms with E-state index in [1.165, 1.54) is 18.4 Å². The smallest absolute Gasteiger partial charge is 0.254 e. The molecule has 1 saturated carbocycles. The molecule has 2 fully saturated rings. The summed E-state index contributed by atoms with van der Waals surface area (Å²) in [4.78, 5) is 29.3. The van der Waals surface area contributed by atoms with Gasteiger partial charge in [-0.1, -0.05) is 63.9 Å². The molecule has 176 valence electrons. The summed E-state index contributed by atoms with van der Waals surface area (Å²) in [6, 6.07) is 16.0. The molecule has 2 aromatic rings. The third-order valence-corrected chi connectivity index (χ3v) is 7.54. The molecule has 2 aromatic carbocycles. The molecular weight excluding hydrogens is 408 g/mol. The molecule has 1 saturated heterocycles. The van der Waals surface area contributed by atoms with Gasteiger partial charge in [-0.3, -0.25) is 9.59 Å². The molecule has 0 radical (unpaired) electrons. The summed E-state index contributed by atoms with van der Waals surface area (Å²) >= 11 is 0. The van der Waals surface area contributed by atoms with E-state index in [1.807, 2.05) is 48.2 Å². The Balaban J connectivity index is 1.60. The van der Waals surface area contributed by atoms with Crippen molar-refractivity contribution in [2.45, 2.75) is 77.7 Å². The van der Waals surface area contributed by atoms with Gasteiger partial charge in [-0.15, -0.1) is 0 Å². The van der Waals surface area contributed by atoms with Crippen molar-refractivity contribution in [3.8, 4) is 0 Å². The number of carbonyl (C=O) groups excluding carboxylic acids is 2. The maximum Gasteiger partial charge on any atom is 0.254 e. The molecule has 1 N–H and O–H groups in total. The van der Waals surface area contributed by atoms with Crippen LogP contribution in [0.25, 0.3) is 0 Å². The summed E-state index contributed by atoms with van der Waals surface area (Å²) in [5, 5.41) is 3.21. The van der Waals surface area contributed by atoms with Gasteiger partial charge in [-0.2, -0.15) is 0 Å². The number of benzene rings is 2. The minimum Gasteiger partial charge on any atom is -0.335 e. The Bertz CT molecular complexity index is 1000. The normalized spacial score (nSPS) is 21.8. The number of nitrogens with zero attached hydrogens (tertiary/aromatic N) is 1. The van der Waals surface area contributed by atoms with E-state index in [0.29, 0.717) is 5.92 Å². The maximum atomic E-state index is 13.7. The lowest BCUT2D eigenvalue weighted by atomic mass is 9.79. The number of piperidine rings is 1. The second kappa shape index (κ2) is 9.70. The summed E-state index contributed by atoms with van der Waals surface area (Å²) in [5.74, 6) is 0.362. The summed E-state index contributed by atoms with van der Waals surface area (Å²) in [6.07, 6.45) is 6.28. The predicted octanol–water partition coefficient (Wildman–Crippen LogP) is 6.34. The first-order valence-electron chi connectivity index (χ1n) is 12.5. The Morgan fingerprint density at radius 2 is 1.67 bits per heavy atom. The molecule has 1 aliphatic carbocycles. The number of hydrogen-bond acceptors (Lipinski definition) is 2. The maximum absolute atomic E-state index is 13.7. The summed E-state index contributed by atoms with van der Waals surface area (Å²) in [7, 11) is 0. The third-order valence-electron chi connectivity index (χ3n) is 7.54. The standard InChI is InChI=1S/C29H38N2O2/c1-20-11-5-8-16-24(20)28(33)31-18-10-17-25(26(31)21-12-6-7-13-21)27(32)30-23-15-9-14-22(19-23)29(2,3)4/h5,8-9,11,14-16,19,21,25-26H,6-7,10,12-13,17-18H2,1-4H3,(H,30,32)/t25-,26-/m1/s1. The zero-order chi connectivity index (χ0) is 23.6. The van der Waals surface area contributed by atoms with Crippen LogP contribution < -0.4 is 5.32 Å². The topological polar surface area (TPSA) is 49.4 Å². The molecule has 0 aromatic heterocycles. The lowest BCUT2D eigenvalue weighted by molar-refractivity contribution is -0.124. The summed E-state index contributed by atoms with van der Waals surface area (Å²) in [6.45, 7) is 9.27. The molecule has 33 heavy (non-hydrogen) atoms. The van der Waals surface area contributed by atoms with E-state index < -0.39 is 0 Å². The predicted molar refractivity (Wildman–Crippen MR) is 134 cm³/mol. The van der Waals surface area contributed by atoms with E-state index in [9.17, 15) is 9.59 Å². The number of amides is 2. The second-order valence-corrected chi connectivity index (χ2v) is 10.9. The van der Waals surface area contributed by atoms with Crippen molar-refractivity contribution >= 4 is 17.5 Å².